The molecule has 1 fully saturated rings. The maximum Gasteiger partial charge on any atom is 0.254 e. The van der Waals surface area contributed by atoms with Crippen molar-refractivity contribution in [2.45, 2.75) is 39.5 Å². The molecule has 0 aromatic heterocycles. The lowest BCUT2D eigenvalue weighted by Gasteiger charge is -2.31. The van der Waals surface area contributed by atoms with E-state index in [9.17, 15) is 9.59 Å². The first-order chi connectivity index (χ1) is 13.1. The summed E-state index contributed by atoms with van der Waals surface area (Å²) in [7, 11) is 0. The molecule has 2 amide bonds. The van der Waals surface area contributed by atoms with Crippen LogP contribution >= 0.6 is 0 Å². The predicted molar refractivity (Wildman–Crippen MR) is 109 cm³/mol. The van der Waals surface area contributed by atoms with E-state index in [1.807, 2.05) is 48.2 Å². The topological polar surface area (TPSA) is 49.4 Å². The predicted octanol–water partition coefficient (Wildman–Crippen LogP) is 4.44. The Kier molecular flexibility index (Phi) is 6.28. The Balaban J connectivity index is 1.53. The number of nitrogens with zero attached hydrogens (tertiary/aromatic N) is 1. The number of amides is 2. The van der Waals surface area contributed by atoms with Crippen molar-refractivity contribution in [2.75, 3.05) is 18.4 Å². The molecule has 0 bridgehead atoms. The Bertz CT molecular complexity index is 790. The van der Waals surface area contributed by atoms with Crippen molar-refractivity contribution in [3.63, 3.8) is 0 Å². The van der Waals surface area contributed by atoms with Crippen molar-refractivity contribution < 1.29 is 9.59 Å². The number of carbonyl (C=O) groups excluding carboxylic acids is 2. The summed E-state index contributed by atoms with van der Waals surface area (Å²) < 4.78 is 0. The molecule has 27 heavy (non-hydrogen) atoms. The summed E-state index contributed by atoms with van der Waals surface area (Å²) in [5, 5.41) is 3.02. The first-order valence-corrected chi connectivity index (χ1v) is 9.83. The molecule has 2 aromatic rings. The molecule has 0 atom stereocenters. The third-order valence-corrected chi connectivity index (χ3v) is 5.29. The molecule has 1 saturated heterocycles. The molecule has 0 aliphatic carbocycles. The highest BCUT2D eigenvalue weighted by atomic mass is 16.2. The van der Waals surface area contributed by atoms with Gasteiger partial charge in [-0.1, -0.05) is 43.7 Å². The Labute approximate surface area is 161 Å². The number of piperidine rings is 1. The van der Waals surface area contributed by atoms with Crippen molar-refractivity contribution in [1.29, 1.82) is 0 Å². The number of benzene rings is 2. The summed E-state index contributed by atoms with van der Waals surface area (Å²) in [6, 6.07) is 15.8. The first kappa shape index (κ1) is 19.2. The van der Waals surface area contributed by atoms with E-state index in [0.29, 0.717) is 25.9 Å². The number of nitrogens with one attached hydrogen (secondary N) is 1. The van der Waals surface area contributed by atoms with Gasteiger partial charge in [-0.2, -0.15) is 0 Å². The average molecular weight is 364 g/mol. The van der Waals surface area contributed by atoms with E-state index < -0.39 is 0 Å². The van der Waals surface area contributed by atoms with Gasteiger partial charge in [-0.25, -0.2) is 0 Å². The van der Waals surface area contributed by atoms with Crippen LogP contribution in [0.4, 0.5) is 5.69 Å². The molecule has 4 nitrogen and oxygen atoms in total. The van der Waals surface area contributed by atoms with Gasteiger partial charge in [0.05, 0.1) is 0 Å². The largest absolute Gasteiger partial charge is 0.339 e. The maximum atomic E-state index is 12.7. The lowest BCUT2D eigenvalue weighted by atomic mass is 9.95. The summed E-state index contributed by atoms with van der Waals surface area (Å²) >= 11 is 0. The Hall–Kier alpha value is -2.62. The number of rotatable bonds is 5. The molecule has 142 valence electrons. The molecule has 2 aromatic carbocycles. The van der Waals surface area contributed by atoms with Crippen LogP contribution in [0.25, 0.3) is 0 Å². The number of aryl methyl sites for hydroxylation is 2. The fourth-order valence-corrected chi connectivity index (χ4v) is 3.62. The van der Waals surface area contributed by atoms with Crippen molar-refractivity contribution in [1.82, 2.24) is 4.90 Å². The van der Waals surface area contributed by atoms with Gasteiger partial charge in [0.1, 0.15) is 0 Å². The Morgan fingerprint density at radius 3 is 2.33 bits per heavy atom. The Morgan fingerprint density at radius 2 is 1.70 bits per heavy atom. The normalized spacial score (nSPS) is 14.8. The maximum absolute atomic E-state index is 12.7. The molecule has 0 saturated carbocycles. The summed E-state index contributed by atoms with van der Waals surface area (Å²) in [5.74, 6) is 0.0842. The third-order valence-electron chi connectivity index (χ3n) is 5.29. The summed E-state index contributed by atoms with van der Waals surface area (Å²) in [5.41, 5.74) is 3.89. The second-order valence-electron chi connectivity index (χ2n) is 7.32. The monoisotopic (exact) mass is 364 g/mol. The average Bonchev–Trinajstić information content (AvgIpc) is 2.70. The van der Waals surface area contributed by atoms with Crippen LogP contribution in [0.5, 0.6) is 0 Å². The van der Waals surface area contributed by atoms with E-state index >= 15 is 0 Å². The molecular weight excluding hydrogens is 336 g/mol. The minimum Gasteiger partial charge on any atom is -0.339 e. The van der Waals surface area contributed by atoms with Gasteiger partial charge in [-0.3, -0.25) is 9.59 Å². The van der Waals surface area contributed by atoms with Crippen molar-refractivity contribution in [3.8, 4) is 0 Å². The minimum atomic E-state index is -0.0405. The van der Waals surface area contributed by atoms with Crippen LogP contribution in [0, 0.1) is 12.8 Å². The van der Waals surface area contributed by atoms with Gasteiger partial charge in [-0.05, 0) is 55.5 Å². The van der Waals surface area contributed by atoms with E-state index in [2.05, 4.69) is 24.4 Å². The lowest BCUT2D eigenvalue weighted by Crippen LogP contribution is -2.41. The van der Waals surface area contributed by atoms with Gasteiger partial charge < -0.3 is 10.2 Å². The first-order valence-electron chi connectivity index (χ1n) is 9.83. The van der Waals surface area contributed by atoms with Gasteiger partial charge in [-0.15, -0.1) is 0 Å². The van der Waals surface area contributed by atoms with Crippen molar-refractivity contribution >= 4 is 17.5 Å². The van der Waals surface area contributed by atoms with Gasteiger partial charge >= 0.3 is 0 Å². The van der Waals surface area contributed by atoms with Crippen LogP contribution in [0.15, 0.2) is 48.5 Å². The highest BCUT2D eigenvalue weighted by molar-refractivity contribution is 5.96. The quantitative estimate of drug-likeness (QED) is 0.853. The fourth-order valence-electron chi connectivity index (χ4n) is 3.62. The van der Waals surface area contributed by atoms with Crippen molar-refractivity contribution in [2.24, 2.45) is 5.92 Å². The summed E-state index contributed by atoms with van der Waals surface area (Å²) in [6.07, 6.45) is 3.59. The minimum absolute atomic E-state index is 0.0405. The molecule has 4 heteroatoms. The Morgan fingerprint density at radius 1 is 1.04 bits per heavy atom. The van der Waals surface area contributed by atoms with E-state index in [0.717, 1.165) is 29.7 Å². The van der Waals surface area contributed by atoms with Crippen LogP contribution in [-0.2, 0) is 11.2 Å². The highest BCUT2D eigenvalue weighted by Gasteiger charge is 2.28. The van der Waals surface area contributed by atoms with E-state index in [-0.39, 0.29) is 17.7 Å². The molecule has 1 aliphatic rings. The molecule has 1 N–H and O–H groups in total. The molecule has 3 rings (SSSR count). The molecule has 1 heterocycles. The molecular formula is C23H28N2O2. The third kappa shape index (κ3) is 4.76. The zero-order valence-corrected chi connectivity index (χ0v) is 16.2. The lowest BCUT2D eigenvalue weighted by molar-refractivity contribution is -0.121. The van der Waals surface area contributed by atoms with Crippen molar-refractivity contribution in [3.05, 3.63) is 65.2 Å². The van der Waals surface area contributed by atoms with Gasteiger partial charge in [0.2, 0.25) is 5.91 Å². The zero-order chi connectivity index (χ0) is 19.2. The molecule has 0 radical (unpaired) electrons. The summed E-state index contributed by atoms with van der Waals surface area (Å²) in [4.78, 5) is 27.1. The molecule has 0 spiro atoms. The van der Waals surface area contributed by atoms with Gasteiger partial charge in [0.15, 0.2) is 0 Å². The van der Waals surface area contributed by atoms with E-state index in [1.165, 1.54) is 5.56 Å². The van der Waals surface area contributed by atoms with Gasteiger partial charge in [0.25, 0.3) is 5.91 Å². The number of hydrogen-bond acceptors (Lipinski definition) is 2. The van der Waals surface area contributed by atoms with Crippen LogP contribution in [0.3, 0.4) is 0 Å². The number of anilines is 1. The number of likely N-dealkylation sites (tertiary alicyclic amines) is 1. The van der Waals surface area contributed by atoms with E-state index in [1.54, 1.807) is 0 Å². The molecule has 0 unspecified atom stereocenters. The standard InChI is InChI=1S/C23H28N2O2/c1-3-6-18-9-11-20(12-10-18)24-22(26)19-13-15-25(16-14-19)23(27)21-8-5-4-7-17(21)2/h4-5,7-12,19H,3,6,13-16H2,1-2H3,(H,24,26). The second-order valence-corrected chi connectivity index (χ2v) is 7.32. The van der Waals surface area contributed by atoms with Crippen LogP contribution in [-0.4, -0.2) is 29.8 Å². The number of carbonyl (C=O) groups is 2. The van der Waals surface area contributed by atoms with Gasteiger partial charge in [0, 0.05) is 30.3 Å². The second kappa shape index (κ2) is 8.85. The zero-order valence-electron chi connectivity index (χ0n) is 16.2. The van der Waals surface area contributed by atoms with Crippen LogP contribution in [0.2, 0.25) is 0 Å². The summed E-state index contributed by atoms with van der Waals surface area (Å²) in [6.45, 7) is 5.37. The van der Waals surface area contributed by atoms with Crippen LogP contribution in [0.1, 0.15) is 47.7 Å². The SMILES string of the molecule is CCCc1ccc(NC(=O)C2CCN(C(=O)c3ccccc3C)CC2)cc1. The smallest absolute Gasteiger partial charge is 0.254 e. The highest BCUT2D eigenvalue weighted by Crippen LogP contribution is 2.22. The van der Waals surface area contributed by atoms with Crippen LogP contribution < -0.4 is 5.32 Å². The van der Waals surface area contributed by atoms with E-state index in [4.69, 9.17) is 0 Å². The fraction of sp³-hybridized carbons (Fsp3) is 0.391. The molecule has 1 aliphatic heterocycles. The number of hydrogen-bond donors (Lipinski definition) is 1.